The molecule has 0 radical (unpaired) electrons. The number of aryl methyl sites for hydroxylation is 1. The van der Waals surface area contributed by atoms with E-state index >= 15 is 0 Å². The van der Waals surface area contributed by atoms with Crippen LogP contribution in [0.3, 0.4) is 0 Å². The zero-order valence-corrected chi connectivity index (χ0v) is 16.2. The van der Waals surface area contributed by atoms with Gasteiger partial charge in [0.25, 0.3) is 0 Å². The van der Waals surface area contributed by atoms with Crippen molar-refractivity contribution in [2.45, 2.75) is 32.0 Å². The molecule has 0 aliphatic carbocycles. The molecule has 0 bridgehead atoms. The molecule has 1 N–H and O–H groups in total. The first-order valence-corrected chi connectivity index (χ1v) is 9.27. The van der Waals surface area contributed by atoms with E-state index in [0.717, 1.165) is 17.7 Å². The number of oxazole rings is 1. The SMILES string of the molecule is C[C@H](NC(=O)CCc1ncc(-c2ccc(Cl)cc2)o1)c1cccc(C(F)(F)F)c1. The number of alkyl halides is 3. The standard InChI is InChI=1S/C21H18ClF3N2O2/c1-13(15-3-2-4-16(11-15)21(23,24)25)27-19(28)9-10-20-26-12-18(29-20)14-5-7-17(22)8-6-14/h2-8,11-13H,9-10H2,1H3,(H,27,28)/t13-/m0/s1. The quantitative estimate of drug-likeness (QED) is 0.544. The normalized spacial score (nSPS) is 12.6. The van der Waals surface area contributed by atoms with Crippen LogP contribution in [0.5, 0.6) is 0 Å². The summed E-state index contributed by atoms with van der Waals surface area (Å²) < 4.78 is 44.1. The third kappa shape index (κ3) is 5.60. The van der Waals surface area contributed by atoms with E-state index in [2.05, 4.69) is 10.3 Å². The van der Waals surface area contributed by atoms with E-state index in [1.54, 1.807) is 43.5 Å². The lowest BCUT2D eigenvalue weighted by Gasteiger charge is -2.16. The third-order valence-electron chi connectivity index (χ3n) is 4.34. The second-order valence-electron chi connectivity index (χ2n) is 6.54. The summed E-state index contributed by atoms with van der Waals surface area (Å²) in [7, 11) is 0. The van der Waals surface area contributed by atoms with Gasteiger partial charge in [0.1, 0.15) is 0 Å². The first-order chi connectivity index (χ1) is 13.7. The number of rotatable bonds is 6. The van der Waals surface area contributed by atoms with Crippen molar-refractivity contribution in [2.75, 3.05) is 0 Å². The highest BCUT2D eigenvalue weighted by molar-refractivity contribution is 6.30. The van der Waals surface area contributed by atoms with Crippen molar-refractivity contribution < 1.29 is 22.4 Å². The van der Waals surface area contributed by atoms with Crippen LogP contribution in [0.25, 0.3) is 11.3 Å². The van der Waals surface area contributed by atoms with E-state index in [-0.39, 0.29) is 18.7 Å². The largest absolute Gasteiger partial charge is 0.441 e. The van der Waals surface area contributed by atoms with E-state index in [4.69, 9.17) is 16.0 Å². The predicted molar refractivity (Wildman–Crippen MR) is 103 cm³/mol. The van der Waals surface area contributed by atoms with Gasteiger partial charge in [0, 0.05) is 23.4 Å². The number of amides is 1. The second kappa shape index (κ2) is 8.69. The molecule has 0 aliphatic rings. The Bertz CT molecular complexity index is 984. The molecule has 3 rings (SSSR count). The number of nitrogens with one attached hydrogen (secondary N) is 1. The van der Waals surface area contributed by atoms with Gasteiger partial charge in [-0.05, 0) is 48.9 Å². The van der Waals surface area contributed by atoms with Crippen molar-refractivity contribution in [1.29, 1.82) is 0 Å². The van der Waals surface area contributed by atoms with Crippen LogP contribution in [0.4, 0.5) is 13.2 Å². The molecule has 3 aromatic rings. The Morgan fingerprint density at radius 3 is 2.62 bits per heavy atom. The van der Waals surface area contributed by atoms with Gasteiger partial charge in [-0.3, -0.25) is 4.79 Å². The Hall–Kier alpha value is -2.80. The van der Waals surface area contributed by atoms with Gasteiger partial charge in [-0.2, -0.15) is 13.2 Å². The van der Waals surface area contributed by atoms with E-state index in [9.17, 15) is 18.0 Å². The first-order valence-electron chi connectivity index (χ1n) is 8.89. The highest BCUT2D eigenvalue weighted by Gasteiger charge is 2.30. The lowest BCUT2D eigenvalue weighted by molar-refractivity contribution is -0.137. The zero-order chi connectivity index (χ0) is 21.0. The predicted octanol–water partition coefficient (Wildman–Crippen LogP) is 5.82. The molecule has 0 spiro atoms. The summed E-state index contributed by atoms with van der Waals surface area (Å²) in [6.07, 6.45) is -2.48. The van der Waals surface area contributed by atoms with Gasteiger partial charge >= 0.3 is 6.18 Å². The maximum absolute atomic E-state index is 12.8. The number of benzene rings is 2. The Labute approximate surface area is 170 Å². The minimum atomic E-state index is -4.42. The summed E-state index contributed by atoms with van der Waals surface area (Å²) in [6, 6.07) is 11.4. The Morgan fingerprint density at radius 1 is 1.21 bits per heavy atom. The molecule has 1 aromatic heterocycles. The highest BCUT2D eigenvalue weighted by Crippen LogP contribution is 2.30. The molecule has 4 nitrogen and oxygen atoms in total. The van der Waals surface area contributed by atoms with Crippen molar-refractivity contribution in [3.05, 3.63) is 76.8 Å². The summed E-state index contributed by atoms with van der Waals surface area (Å²) in [6.45, 7) is 1.64. The van der Waals surface area contributed by atoms with Gasteiger partial charge < -0.3 is 9.73 Å². The highest BCUT2D eigenvalue weighted by atomic mass is 35.5. The third-order valence-corrected chi connectivity index (χ3v) is 4.59. The van der Waals surface area contributed by atoms with Gasteiger partial charge in [-0.25, -0.2) is 4.98 Å². The van der Waals surface area contributed by atoms with Crippen LogP contribution in [0, 0.1) is 0 Å². The van der Waals surface area contributed by atoms with Crippen LogP contribution in [-0.4, -0.2) is 10.9 Å². The van der Waals surface area contributed by atoms with Crippen LogP contribution >= 0.6 is 11.6 Å². The monoisotopic (exact) mass is 422 g/mol. The van der Waals surface area contributed by atoms with Crippen molar-refractivity contribution in [3.8, 4) is 11.3 Å². The maximum atomic E-state index is 12.8. The number of hydrogen-bond acceptors (Lipinski definition) is 3. The van der Waals surface area contributed by atoms with Gasteiger partial charge in [-0.15, -0.1) is 0 Å². The van der Waals surface area contributed by atoms with E-state index in [1.165, 1.54) is 6.07 Å². The number of nitrogens with zero attached hydrogens (tertiary/aromatic N) is 1. The number of aromatic nitrogens is 1. The van der Waals surface area contributed by atoms with E-state index in [1.807, 2.05) is 0 Å². The molecule has 152 valence electrons. The van der Waals surface area contributed by atoms with E-state index < -0.39 is 17.8 Å². The minimum absolute atomic E-state index is 0.101. The Balaban J connectivity index is 1.56. The topological polar surface area (TPSA) is 55.1 Å². The van der Waals surface area contributed by atoms with Gasteiger partial charge in [0.15, 0.2) is 11.7 Å². The molecule has 0 aliphatic heterocycles. The van der Waals surface area contributed by atoms with Crippen molar-refractivity contribution in [2.24, 2.45) is 0 Å². The lowest BCUT2D eigenvalue weighted by Crippen LogP contribution is -2.27. The molecule has 0 saturated carbocycles. The summed E-state index contributed by atoms with van der Waals surface area (Å²) in [5, 5.41) is 3.31. The molecule has 2 aromatic carbocycles. The van der Waals surface area contributed by atoms with Crippen LogP contribution < -0.4 is 5.32 Å². The fourth-order valence-corrected chi connectivity index (χ4v) is 2.90. The first kappa shape index (κ1) is 20.9. The average Bonchev–Trinajstić information content (AvgIpc) is 3.15. The summed E-state index contributed by atoms with van der Waals surface area (Å²) in [5.41, 5.74) is 0.454. The Morgan fingerprint density at radius 2 is 1.93 bits per heavy atom. The Kier molecular flexibility index (Phi) is 6.27. The molecule has 0 saturated heterocycles. The molecule has 8 heteroatoms. The van der Waals surface area contributed by atoms with Crippen molar-refractivity contribution in [1.82, 2.24) is 10.3 Å². The molecular weight excluding hydrogens is 405 g/mol. The number of carbonyl (C=O) groups is 1. The van der Waals surface area contributed by atoms with Crippen LogP contribution in [0.1, 0.15) is 36.4 Å². The van der Waals surface area contributed by atoms with Crippen LogP contribution in [-0.2, 0) is 17.4 Å². The van der Waals surface area contributed by atoms with Gasteiger partial charge in [0.05, 0.1) is 17.8 Å². The van der Waals surface area contributed by atoms with Crippen LogP contribution in [0.15, 0.2) is 59.1 Å². The number of halogens is 4. The average molecular weight is 423 g/mol. The van der Waals surface area contributed by atoms with E-state index in [0.29, 0.717) is 22.2 Å². The molecule has 0 unspecified atom stereocenters. The fourth-order valence-electron chi connectivity index (χ4n) is 2.78. The summed E-state index contributed by atoms with van der Waals surface area (Å²) in [4.78, 5) is 16.3. The molecule has 0 fully saturated rings. The second-order valence-corrected chi connectivity index (χ2v) is 6.97. The minimum Gasteiger partial charge on any atom is -0.441 e. The maximum Gasteiger partial charge on any atom is 0.416 e. The van der Waals surface area contributed by atoms with Gasteiger partial charge in [0.2, 0.25) is 5.91 Å². The molecule has 29 heavy (non-hydrogen) atoms. The van der Waals surface area contributed by atoms with Crippen LogP contribution in [0.2, 0.25) is 5.02 Å². The molecule has 1 atom stereocenters. The molecule has 1 amide bonds. The zero-order valence-electron chi connectivity index (χ0n) is 15.5. The number of hydrogen-bond donors (Lipinski definition) is 1. The number of carbonyl (C=O) groups excluding carboxylic acids is 1. The smallest absolute Gasteiger partial charge is 0.416 e. The van der Waals surface area contributed by atoms with Crippen molar-refractivity contribution in [3.63, 3.8) is 0 Å². The summed E-state index contributed by atoms with van der Waals surface area (Å²) in [5.74, 6) is 0.660. The molecular formula is C21H18ClF3N2O2. The summed E-state index contributed by atoms with van der Waals surface area (Å²) >= 11 is 5.86. The van der Waals surface area contributed by atoms with Crippen molar-refractivity contribution >= 4 is 17.5 Å². The lowest BCUT2D eigenvalue weighted by atomic mass is 10.0. The van der Waals surface area contributed by atoms with Gasteiger partial charge in [-0.1, -0.05) is 23.7 Å². The fraction of sp³-hybridized carbons (Fsp3) is 0.238. The molecule has 1 heterocycles.